The molecule has 3 aromatic heterocycles. The van der Waals surface area contributed by atoms with Gasteiger partial charge in [0.05, 0.1) is 11.7 Å². The van der Waals surface area contributed by atoms with Crippen LogP contribution in [0.3, 0.4) is 0 Å². The van der Waals surface area contributed by atoms with Gasteiger partial charge in [0, 0.05) is 23.7 Å². The van der Waals surface area contributed by atoms with Gasteiger partial charge in [0.1, 0.15) is 30.0 Å². The standard InChI is InChI=1S/C20H21F3N8O2S/c21-20(22,23)33-9-16-30-14-8-27-13(17(25)28-10-24)7-15(14)31(16)12-3-1-2-11(6-12)29-18(32)19-26-4-5-34-19/h4-5,7-8,10-12H,1-3,6,9H2,(H,29,32)(H3,24,25,28). The molecular weight excluding hydrogens is 473 g/mol. The van der Waals surface area contributed by atoms with Crippen LogP contribution in [0.1, 0.15) is 53.0 Å². The number of ether oxygens (including phenoxy) is 1. The lowest BCUT2D eigenvalue weighted by atomic mass is 9.90. The second-order valence-electron chi connectivity index (χ2n) is 7.66. The van der Waals surface area contributed by atoms with Gasteiger partial charge in [0.15, 0.2) is 10.8 Å². The Morgan fingerprint density at radius 2 is 2.24 bits per heavy atom. The van der Waals surface area contributed by atoms with Gasteiger partial charge < -0.3 is 15.6 Å². The maximum Gasteiger partial charge on any atom is 0.522 e. The minimum Gasteiger partial charge on any atom is -0.382 e. The highest BCUT2D eigenvalue weighted by atomic mass is 32.1. The maximum atomic E-state index is 12.8. The number of rotatable bonds is 7. The maximum absolute atomic E-state index is 12.8. The molecule has 1 fully saturated rings. The molecule has 2 atom stereocenters. The van der Waals surface area contributed by atoms with E-state index in [1.165, 1.54) is 17.5 Å². The molecule has 0 spiro atoms. The number of hydrogen-bond donors (Lipinski definition) is 3. The summed E-state index contributed by atoms with van der Waals surface area (Å²) in [5.74, 6) is -0.195. The second kappa shape index (κ2) is 9.85. The first kappa shape index (κ1) is 23.8. The first-order valence-electron chi connectivity index (χ1n) is 10.4. The quantitative estimate of drug-likeness (QED) is 0.340. The lowest BCUT2D eigenvalue weighted by molar-refractivity contribution is -0.331. The molecule has 4 N–H and O–H groups in total. The number of alkyl halides is 3. The predicted octanol–water partition coefficient (Wildman–Crippen LogP) is 3.15. The molecule has 0 saturated heterocycles. The Labute approximate surface area is 195 Å². The van der Waals surface area contributed by atoms with Gasteiger partial charge in [-0.2, -0.15) is 0 Å². The molecule has 2 unspecified atom stereocenters. The average Bonchev–Trinajstić information content (AvgIpc) is 3.45. The largest absolute Gasteiger partial charge is 0.522 e. The van der Waals surface area contributed by atoms with Crippen molar-refractivity contribution in [2.75, 3.05) is 0 Å². The highest BCUT2D eigenvalue weighted by molar-refractivity contribution is 7.11. The fourth-order valence-corrected chi connectivity index (χ4v) is 4.63. The molecule has 1 amide bonds. The molecule has 1 aliphatic carbocycles. The summed E-state index contributed by atoms with van der Waals surface area (Å²) in [5, 5.41) is 12.1. The smallest absolute Gasteiger partial charge is 0.382 e. The van der Waals surface area contributed by atoms with Crippen molar-refractivity contribution in [3.63, 3.8) is 0 Å². The highest BCUT2D eigenvalue weighted by Gasteiger charge is 2.32. The number of pyridine rings is 1. The summed E-state index contributed by atoms with van der Waals surface area (Å²) in [7, 11) is 0. The lowest BCUT2D eigenvalue weighted by Crippen LogP contribution is -2.39. The van der Waals surface area contributed by atoms with E-state index in [0.29, 0.717) is 28.9 Å². The van der Waals surface area contributed by atoms with Gasteiger partial charge >= 0.3 is 6.36 Å². The van der Waals surface area contributed by atoms with Crippen molar-refractivity contribution in [1.82, 2.24) is 24.8 Å². The van der Waals surface area contributed by atoms with Crippen LogP contribution in [0.15, 0.2) is 28.8 Å². The fraction of sp³-hybridized carbons (Fsp3) is 0.400. The van der Waals surface area contributed by atoms with E-state index in [0.717, 1.165) is 19.2 Å². The first-order valence-corrected chi connectivity index (χ1v) is 11.2. The summed E-state index contributed by atoms with van der Waals surface area (Å²) in [4.78, 5) is 28.7. The summed E-state index contributed by atoms with van der Waals surface area (Å²) in [6.45, 7) is -0.774. The normalized spacial score (nSPS) is 19.3. The van der Waals surface area contributed by atoms with Crippen LogP contribution in [-0.2, 0) is 11.3 Å². The van der Waals surface area contributed by atoms with Crippen LogP contribution in [0.2, 0.25) is 0 Å². The van der Waals surface area contributed by atoms with Gasteiger partial charge in [-0.3, -0.25) is 19.9 Å². The van der Waals surface area contributed by atoms with Gasteiger partial charge in [-0.1, -0.05) is 0 Å². The summed E-state index contributed by atoms with van der Waals surface area (Å²) in [6, 6.07) is 1.15. The molecule has 3 heterocycles. The minimum atomic E-state index is -4.82. The zero-order chi connectivity index (χ0) is 24.3. The van der Waals surface area contributed by atoms with E-state index >= 15 is 0 Å². The highest BCUT2D eigenvalue weighted by Crippen LogP contribution is 2.34. The molecule has 3 aromatic rings. The number of hydrogen-bond acceptors (Lipinski definition) is 7. The van der Waals surface area contributed by atoms with E-state index in [-0.39, 0.29) is 35.3 Å². The van der Waals surface area contributed by atoms with Crippen molar-refractivity contribution >= 4 is 40.5 Å². The molecule has 14 heteroatoms. The molecule has 0 radical (unpaired) electrons. The third kappa shape index (κ3) is 5.39. The number of imidazole rings is 1. The molecule has 180 valence electrons. The fourth-order valence-electron chi connectivity index (χ4n) is 4.09. The van der Waals surface area contributed by atoms with Crippen molar-refractivity contribution in [3.8, 4) is 0 Å². The van der Waals surface area contributed by atoms with E-state index < -0.39 is 13.0 Å². The summed E-state index contributed by atoms with van der Waals surface area (Å²) in [5.41, 5.74) is 7.02. The molecular formula is C20H21F3N8O2S. The average molecular weight is 495 g/mol. The van der Waals surface area contributed by atoms with E-state index in [9.17, 15) is 18.0 Å². The Morgan fingerprint density at radius 3 is 2.94 bits per heavy atom. The molecule has 0 aromatic carbocycles. The van der Waals surface area contributed by atoms with Crippen LogP contribution < -0.4 is 11.1 Å². The number of amidine groups is 1. The number of aliphatic imine (C=N–C) groups is 1. The van der Waals surface area contributed by atoms with Crippen LogP contribution in [0, 0.1) is 5.41 Å². The number of halogens is 3. The van der Waals surface area contributed by atoms with Crippen LogP contribution >= 0.6 is 11.3 Å². The Balaban J connectivity index is 1.67. The SMILES string of the molecule is N=CN=C(N)c1cc2c(cn1)nc(COC(F)(F)F)n2C1CCCC(NC(=O)c2nccs2)C1. The number of nitrogens with one attached hydrogen (secondary N) is 2. The third-order valence-corrected chi connectivity index (χ3v) is 6.23. The topological polar surface area (TPSA) is 144 Å². The molecule has 0 aliphatic heterocycles. The Morgan fingerprint density at radius 1 is 1.41 bits per heavy atom. The summed E-state index contributed by atoms with van der Waals surface area (Å²) >= 11 is 1.23. The third-order valence-electron chi connectivity index (χ3n) is 5.45. The van der Waals surface area contributed by atoms with Gasteiger partial charge in [-0.25, -0.2) is 15.0 Å². The van der Waals surface area contributed by atoms with Gasteiger partial charge in [-0.05, 0) is 31.7 Å². The van der Waals surface area contributed by atoms with E-state index in [1.54, 1.807) is 22.2 Å². The van der Waals surface area contributed by atoms with Crippen LogP contribution in [0.4, 0.5) is 13.2 Å². The van der Waals surface area contributed by atoms with Crippen LogP contribution in [0.25, 0.3) is 11.0 Å². The van der Waals surface area contributed by atoms with Crippen molar-refractivity contribution in [1.29, 1.82) is 5.41 Å². The van der Waals surface area contributed by atoms with Gasteiger partial charge in [0.25, 0.3) is 5.91 Å². The number of nitrogens with two attached hydrogens (primary N) is 1. The number of carbonyl (C=O) groups is 1. The Hall–Kier alpha value is -3.39. The molecule has 10 nitrogen and oxygen atoms in total. The van der Waals surface area contributed by atoms with E-state index in [1.807, 2.05) is 0 Å². The zero-order valence-corrected chi connectivity index (χ0v) is 18.6. The monoisotopic (exact) mass is 494 g/mol. The summed E-state index contributed by atoms with van der Waals surface area (Å²) in [6.07, 6.45) is 1.56. The van der Waals surface area contributed by atoms with Crippen molar-refractivity contribution < 1.29 is 22.7 Å². The Kier molecular flexibility index (Phi) is 6.88. The number of fused-ring (bicyclic) bond motifs is 1. The number of carbonyl (C=O) groups excluding carboxylic acids is 1. The second-order valence-corrected chi connectivity index (χ2v) is 8.56. The lowest BCUT2D eigenvalue weighted by Gasteiger charge is -2.32. The van der Waals surface area contributed by atoms with Crippen molar-refractivity contribution in [2.45, 2.75) is 50.7 Å². The molecule has 1 saturated carbocycles. The van der Waals surface area contributed by atoms with Crippen molar-refractivity contribution in [3.05, 3.63) is 40.4 Å². The van der Waals surface area contributed by atoms with Crippen LogP contribution in [0.5, 0.6) is 0 Å². The molecule has 0 bridgehead atoms. The minimum absolute atomic E-state index is 0.00465. The van der Waals surface area contributed by atoms with Crippen LogP contribution in [-0.4, -0.2) is 50.0 Å². The van der Waals surface area contributed by atoms with E-state index in [4.69, 9.17) is 11.1 Å². The number of thiazole rings is 1. The van der Waals surface area contributed by atoms with Crippen molar-refractivity contribution in [2.24, 2.45) is 10.7 Å². The van der Waals surface area contributed by atoms with Gasteiger partial charge in [0.2, 0.25) is 0 Å². The predicted molar refractivity (Wildman–Crippen MR) is 119 cm³/mol. The number of nitrogens with zero attached hydrogens (tertiary/aromatic N) is 5. The molecule has 4 rings (SSSR count). The number of aromatic nitrogens is 4. The van der Waals surface area contributed by atoms with E-state index in [2.05, 4.69) is 30.0 Å². The zero-order valence-electron chi connectivity index (χ0n) is 17.7. The van der Waals surface area contributed by atoms with Gasteiger partial charge in [-0.15, -0.1) is 24.5 Å². The molecule has 1 aliphatic rings. The number of amides is 1. The Bertz CT molecular complexity index is 1210. The molecule has 34 heavy (non-hydrogen) atoms. The first-order chi connectivity index (χ1) is 16.2. The summed E-state index contributed by atoms with van der Waals surface area (Å²) < 4.78 is 44.1.